The number of carbonyl (C=O) groups is 1. The van der Waals surface area contributed by atoms with E-state index in [9.17, 15) is 28.4 Å². The van der Waals surface area contributed by atoms with E-state index >= 15 is 0 Å². The van der Waals surface area contributed by atoms with Crippen LogP contribution in [0.4, 0.5) is 11.4 Å². The number of phenols is 1. The Morgan fingerprint density at radius 3 is 2.47 bits per heavy atom. The third-order valence-electron chi connectivity index (χ3n) is 5.56. The number of phenolic OH excluding ortho intramolecular Hbond substituents is 1. The maximum absolute atomic E-state index is 13.8. The fourth-order valence-electron chi connectivity index (χ4n) is 3.93. The molecule has 0 aliphatic carbocycles. The SMILES string of the molecule is CCOc1ccc(N2C(=O)/C(=C\c3ccc(O)c(OC)c3)S(=O)(=O)C2c2cccc([N+](=O)[O-])c2)cc1. The quantitative estimate of drug-likeness (QED) is 0.284. The van der Waals surface area contributed by atoms with Crippen LogP contribution in [0.15, 0.2) is 71.6 Å². The molecule has 1 N–H and O–H groups in total. The summed E-state index contributed by atoms with van der Waals surface area (Å²) in [6, 6.07) is 15.7. The number of nitro benzene ring substituents is 1. The number of benzene rings is 3. The van der Waals surface area contributed by atoms with Gasteiger partial charge in [0.05, 0.1) is 18.6 Å². The average molecular weight is 511 g/mol. The van der Waals surface area contributed by atoms with Gasteiger partial charge in [0, 0.05) is 17.8 Å². The summed E-state index contributed by atoms with van der Waals surface area (Å²) in [6.07, 6.45) is 1.19. The fourth-order valence-corrected chi connectivity index (χ4v) is 5.81. The van der Waals surface area contributed by atoms with E-state index in [1.54, 1.807) is 24.3 Å². The van der Waals surface area contributed by atoms with Crippen molar-refractivity contribution >= 4 is 33.2 Å². The summed E-state index contributed by atoms with van der Waals surface area (Å²) in [5.74, 6) is -0.311. The minimum absolute atomic E-state index is 0.0677. The van der Waals surface area contributed by atoms with Gasteiger partial charge in [-0.3, -0.25) is 19.8 Å². The largest absolute Gasteiger partial charge is 0.504 e. The molecule has 186 valence electrons. The highest BCUT2D eigenvalue weighted by Gasteiger charge is 2.50. The molecule has 36 heavy (non-hydrogen) atoms. The van der Waals surface area contributed by atoms with Crippen molar-refractivity contribution in [3.8, 4) is 17.2 Å². The first kappa shape index (κ1) is 24.7. The molecule has 0 saturated carbocycles. The van der Waals surface area contributed by atoms with Crippen molar-refractivity contribution in [2.45, 2.75) is 12.3 Å². The third-order valence-corrected chi connectivity index (χ3v) is 7.53. The second-order valence-electron chi connectivity index (χ2n) is 7.79. The molecule has 11 heteroatoms. The van der Waals surface area contributed by atoms with Crippen LogP contribution in [0.25, 0.3) is 6.08 Å². The van der Waals surface area contributed by atoms with Crippen LogP contribution in [0, 0.1) is 10.1 Å². The van der Waals surface area contributed by atoms with Gasteiger partial charge in [-0.15, -0.1) is 0 Å². The van der Waals surface area contributed by atoms with Gasteiger partial charge in [0.2, 0.25) is 9.84 Å². The maximum Gasteiger partial charge on any atom is 0.271 e. The summed E-state index contributed by atoms with van der Waals surface area (Å²) < 4.78 is 38.0. The normalized spacial score (nSPS) is 17.8. The number of hydrogen-bond acceptors (Lipinski definition) is 8. The molecule has 1 atom stereocenters. The Morgan fingerprint density at radius 2 is 1.83 bits per heavy atom. The number of hydrogen-bond donors (Lipinski definition) is 1. The number of carbonyl (C=O) groups excluding carboxylic acids is 1. The highest BCUT2D eigenvalue weighted by molar-refractivity contribution is 7.97. The molecule has 3 aromatic rings. The van der Waals surface area contributed by atoms with Gasteiger partial charge in [-0.05, 0) is 60.5 Å². The number of aromatic hydroxyl groups is 1. The molecule has 1 unspecified atom stereocenters. The van der Waals surface area contributed by atoms with E-state index in [1.165, 1.54) is 49.6 Å². The molecule has 0 spiro atoms. The summed E-state index contributed by atoms with van der Waals surface area (Å²) in [5.41, 5.74) is 0.346. The number of ether oxygens (including phenoxy) is 2. The molecular formula is C25H22N2O8S. The Balaban J connectivity index is 1.90. The number of nitrogens with zero attached hydrogens (tertiary/aromatic N) is 2. The predicted octanol–water partition coefficient (Wildman–Crippen LogP) is 4.21. The Labute approximate surface area is 207 Å². The van der Waals surface area contributed by atoms with Crippen molar-refractivity contribution in [2.24, 2.45) is 0 Å². The molecule has 1 saturated heterocycles. The Morgan fingerprint density at radius 1 is 1.11 bits per heavy atom. The van der Waals surface area contributed by atoms with Gasteiger partial charge < -0.3 is 14.6 Å². The fraction of sp³-hybridized carbons (Fsp3) is 0.160. The maximum atomic E-state index is 13.8. The van der Waals surface area contributed by atoms with E-state index in [1.807, 2.05) is 6.92 Å². The van der Waals surface area contributed by atoms with Crippen molar-refractivity contribution in [1.29, 1.82) is 0 Å². The first-order chi connectivity index (χ1) is 17.2. The van der Waals surface area contributed by atoms with Crippen molar-refractivity contribution in [3.63, 3.8) is 0 Å². The third kappa shape index (κ3) is 4.48. The number of anilines is 1. The molecule has 10 nitrogen and oxygen atoms in total. The van der Waals surface area contributed by atoms with Crippen LogP contribution in [-0.4, -0.2) is 38.1 Å². The number of rotatable bonds is 7. The van der Waals surface area contributed by atoms with Crippen LogP contribution in [-0.2, 0) is 14.6 Å². The van der Waals surface area contributed by atoms with Crippen LogP contribution in [0.1, 0.15) is 23.4 Å². The molecule has 1 aliphatic heterocycles. The molecular weight excluding hydrogens is 488 g/mol. The Bertz CT molecular complexity index is 1470. The Kier molecular flexibility index (Phi) is 6.67. The second-order valence-corrected chi connectivity index (χ2v) is 9.77. The number of amides is 1. The van der Waals surface area contributed by atoms with Crippen LogP contribution >= 0.6 is 0 Å². The van der Waals surface area contributed by atoms with Gasteiger partial charge in [-0.25, -0.2) is 8.42 Å². The van der Waals surface area contributed by atoms with Crippen LogP contribution < -0.4 is 14.4 Å². The Hall–Kier alpha value is -4.38. The summed E-state index contributed by atoms with van der Waals surface area (Å²) in [7, 11) is -3.00. The van der Waals surface area contributed by atoms with Gasteiger partial charge in [-0.2, -0.15) is 0 Å². The van der Waals surface area contributed by atoms with Crippen molar-refractivity contribution < 1.29 is 32.7 Å². The van der Waals surface area contributed by atoms with E-state index in [-0.39, 0.29) is 28.4 Å². The van der Waals surface area contributed by atoms with E-state index in [0.29, 0.717) is 17.9 Å². The predicted molar refractivity (Wildman–Crippen MR) is 132 cm³/mol. The smallest absolute Gasteiger partial charge is 0.271 e. The lowest BCUT2D eigenvalue weighted by Gasteiger charge is -2.23. The second kappa shape index (κ2) is 9.70. The molecule has 0 aromatic heterocycles. The summed E-state index contributed by atoms with van der Waals surface area (Å²) in [4.78, 5) is 24.9. The minimum atomic E-state index is -4.34. The first-order valence-electron chi connectivity index (χ1n) is 10.8. The molecule has 1 aliphatic rings. The monoisotopic (exact) mass is 510 g/mol. The zero-order chi connectivity index (χ0) is 26.0. The van der Waals surface area contributed by atoms with Gasteiger partial charge in [-0.1, -0.05) is 18.2 Å². The topological polar surface area (TPSA) is 136 Å². The number of non-ortho nitro benzene ring substituents is 1. The van der Waals surface area contributed by atoms with Crippen molar-refractivity contribution in [3.05, 3.63) is 92.9 Å². The summed E-state index contributed by atoms with van der Waals surface area (Å²) in [6.45, 7) is 2.24. The van der Waals surface area contributed by atoms with Crippen LogP contribution in [0.5, 0.6) is 17.2 Å². The highest BCUT2D eigenvalue weighted by Crippen LogP contribution is 2.44. The molecule has 1 heterocycles. The molecule has 0 radical (unpaired) electrons. The molecule has 0 bridgehead atoms. The lowest BCUT2D eigenvalue weighted by molar-refractivity contribution is -0.384. The standard InChI is InChI=1S/C25H22N2O8S/c1-3-35-20-10-8-18(9-11-20)26-24(29)23(14-16-7-12-21(28)22(13-16)34-2)36(32,33)25(26)17-5-4-6-19(15-17)27(30)31/h4-15,25,28H,3H2,1-2H3/b23-14+. The lowest BCUT2D eigenvalue weighted by Crippen LogP contribution is -2.29. The first-order valence-corrected chi connectivity index (χ1v) is 12.4. The molecule has 3 aromatic carbocycles. The zero-order valence-electron chi connectivity index (χ0n) is 19.3. The minimum Gasteiger partial charge on any atom is -0.504 e. The van der Waals surface area contributed by atoms with Crippen molar-refractivity contribution in [2.75, 3.05) is 18.6 Å². The summed E-state index contributed by atoms with van der Waals surface area (Å²) in [5, 5.41) is 19.7. The number of methoxy groups -OCH3 is 1. The van der Waals surface area contributed by atoms with Gasteiger partial charge >= 0.3 is 0 Å². The van der Waals surface area contributed by atoms with E-state index in [4.69, 9.17) is 9.47 Å². The van der Waals surface area contributed by atoms with Gasteiger partial charge in [0.15, 0.2) is 16.9 Å². The van der Waals surface area contributed by atoms with Crippen LogP contribution in [0.2, 0.25) is 0 Å². The van der Waals surface area contributed by atoms with Crippen molar-refractivity contribution in [1.82, 2.24) is 0 Å². The van der Waals surface area contributed by atoms with E-state index in [2.05, 4.69) is 0 Å². The lowest BCUT2D eigenvalue weighted by atomic mass is 10.1. The zero-order valence-corrected chi connectivity index (χ0v) is 20.1. The van der Waals surface area contributed by atoms with E-state index < -0.39 is 30.9 Å². The van der Waals surface area contributed by atoms with Gasteiger partial charge in [0.25, 0.3) is 11.6 Å². The summed E-state index contributed by atoms with van der Waals surface area (Å²) >= 11 is 0. The molecule has 1 amide bonds. The molecule has 4 rings (SSSR count). The number of nitro groups is 1. The van der Waals surface area contributed by atoms with Crippen LogP contribution in [0.3, 0.4) is 0 Å². The molecule has 1 fully saturated rings. The van der Waals surface area contributed by atoms with Gasteiger partial charge in [0.1, 0.15) is 10.7 Å². The highest BCUT2D eigenvalue weighted by atomic mass is 32.2. The average Bonchev–Trinajstić information content (AvgIpc) is 3.06. The van der Waals surface area contributed by atoms with E-state index in [0.717, 1.165) is 11.0 Å². The number of sulfone groups is 1.